The van der Waals surface area contributed by atoms with Crippen molar-refractivity contribution in [3.05, 3.63) is 0 Å². The molecule has 0 heterocycles. The summed E-state index contributed by atoms with van der Waals surface area (Å²) in [6, 6.07) is 0. The second kappa shape index (κ2) is 4.63. The fraction of sp³-hybridized carbons (Fsp3) is 1.00. The van der Waals surface area contributed by atoms with Crippen molar-refractivity contribution in [3.63, 3.8) is 0 Å². The number of hydrogen-bond donors (Lipinski definition) is 1. The van der Waals surface area contributed by atoms with Crippen LogP contribution in [0.5, 0.6) is 0 Å². The van der Waals surface area contributed by atoms with Gasteiger partial charge in [0, 0.05) is 0 Å². The van der Waals surface area contributed by atoms with Gasteiger partial charge in [-0.05, 0) is 6.92 Å². The molecule has 0 radical (unpaired) electrons. The van der Waals surface area contributed by atoms with Crippen LogP contribution in [0.1, 0.15) is 6.92 Å². The summed E-state index contributed by atoms with van der Waals surface area (Å²) in [5, 5.41) is 8.40. The van der Waals surface area contributed by atoms with Gasteiger partial charge in [0.2, 0.25) is 0 Å². The maximum atomic E-state index is 11.8. The van der Waals surface area contributed by atoms with E-state index in [-0.39, 0.29) is 13.2 Å². The average molecular weight is 186 g/mol. The second-order valence-electron chi connectivity index (χ2n) is 2.11. The molecule has 1 N–H and O–H groups in total. The van der Waals surface area contributed by atoms with Gasteiger partial charge in [-0.15, -0.1) is 3.89 Å². The predicted octanol–water partition coefficient (Wildman–Crippen LogP) is -0.317. The Bertz CT molecular complexity index is 189. The van der Waals surface area contributed by atoms with E-state index in [2.05, 4.69) is 0 Å². The topological polar surface area (TPSA) is 63.6 Å². The molecule has 0 fully saturated rings. The Morgan fingerprint density at radius 3 is 2.55 bits per heavy atom. The quantitative estimate of drug-likeness (QED) is 0.598. The third-order valence-electron chi connectivity index (χ3n) is 0.987. The van der Waals surface area contributed by atoms with Gasteiger partial charge in [0.1, 0.15) is 5.75 Å². The van der Waals surface area contributed by atoms with Crippen LogP contribution in [0.4, 0.5) is 3.89 Å². The van der Waals surface area contributed by atoms with E-state index in [0.717, 1.165) is 0 Å². The van der Waals surface area contributed by atoms with Gasteiger partial charge in [0.15, 0.2) is 0 Å². The van der Waals surface area contributed by atoms with Crippen molar-refractivity contribution in [2.24, 2.45) is 0 Å². The first-order chi connectivity index (χ1) is 4.95. The molecule has 0 aromatic rings. The lowest BCUT2D eigenvalue weighted by Gasteiger charge is -2.07. The van der Waals surface area contributed by atoms with Crippen LogP contribution >= 0.6 is 0 Å². The summed E-state index contributed by atoms with van der Waals surface area (Å²) in [5.41, 5.74) is 0. The van der Waals surface area contributed by atoms with Crippen molar-refractivity contribution in [2.45, 2.75) is 13.0 Å². The summed E-state index contributed by atoms with van der Waals surface area (Å²) in [5.74, 6) is -0.655. The molecule has 0 aliphatic heterocycles. The Balaban J connectivity index is 3.43. The Labute approximate surface area is 65.2 Å². The molecule has 0 rings (SSSR count). The van der Waals surface area contributed by atoms with E-state index in [4.69, 9.17) is 9.84 Å². The number of ether oxygens (including phenoxy) is 1. The molecule has 0 spiro atoms. The number of rotatable bonds is 5. The van der Waals surface area contributed by atoms with Crippen LogP contribution in [0.3, 0.4) is 0 Å². The van der Waals surface area contributed by atoms with Gasteiger partial charge >= 0.3 is 10.2 Å². The van der Waals surface area contributed by atoms with Gasteiger partial charge in [-0.25, -0.2) is 0 Å². The third-order valence-corrected chi connectivity index (χ3v) is 1.64. The van der Waals surface area contributed by atoms with Crippen molar-refractivity contribution in [2.75, 3.05) is 19.0 Å². The highest BCUT2D eigenvalue weighted by Crippen LogP contribution is 1.93. The molecule has 11 heavy (non-hydrogen) atoms. The second-order valence-corrected chi connectivity index (χ2v) is 3.59. The van der Waals surface area contributed by atoms with Crippen LogP contribution in [0.25, 0.3) is 0 Å². The first-order valence-electron chi connectivity index (χ1n) is 3.10. The third kappa shape index (κ3) is 7.70. The van der Waals surface area contributed by atoms with Crippen LogP contribution in [0, 0.1) is 0 Å². The molecule has 1 atom stereocenters. The Hall–Kier alpha value is -0.200. The minimum Gasteiger partial charge on any atom is -0.394 e. The minimum atomic E-state index is -4.43. The summed E-state index contributed by atoms with van der Waals surface area (Å²) >= 11 is 0. The molecular weight excluding hydrogens is 175 g/mol. The summed E-state index contributed by atoms with van der Waals surface area (Å²) in [7, 11) is -4.43. The molecule has 0 aliphatic carbocycles. The highest BCUT2D eigenvalue weighted by atomic mass is 32.3. The maximum absolute atomic E-state index is 11.8. The Kier molecular flexibility index (Phi) is 4.55. The van der Waals surface area contributed by atoms with Crippen LogP contribution in [-0.2, 0) is 15.0 Å². The number of aliphatic hydroxyl groups excluding tert-OH is 1. The molecule has 0 saturated heterocycles. The largest absolute Gasteiger partial charge is 0.394 e. The molecular formula is C5H11FO4S. The molecule has 0 bridgehead atoms. The van der Waals surface area contributed by atoms with Crippen molar-refractivity contribution < 1.29 is 22.1 Å². The van der Waals surface area contributed by atoms with E-state index in [1.165, 1.54) is 0 Å². The van der Waals surface area contributed by atoms with Crippen LogP contribution in [0.15, 0.2) is 0 Å². The van der Waals surface area contributed by atoms with Crippen LogP contribution < -0.4 is 0 Å². The minimum absolute atomic E-state index is 0.202. The molecule has 0 aliphatic rings. The van der Waals surface area contributed by atoms with Crippen LogP contribution in [-0.4, -0.2) is 38.6 Å². The lowest BCUT2D eigenvalue weighted by molar-refractivity contribution is 0.0332. The van der Waals surface area contributed by atoms with Crippen molar-refractivity contribution in [1.82, 2.24) is 0 Å². The summed E-state index contributed by atoms with van der Waals surface area (Å²) in [4.78, 5) is 0. The zero-order valence-electron chi connectivity index (χ0n) is 6.16. The van der Waals surface area contributed by atoms with E-state index >= 15 is 0 Å². The fourth-order valence-electron chi connectivity index (χ4n) is 0.402. The SMILES string of the molecule is CC(CO)OCCS(=O)(=O)F. The first-order valence-corrected chi connectivity index (χ1v) is 4.66. The molecule has 6 heteroatoms. The summed E-state index contributed by atoms with van der Waals surface area (Å²) in [6.07, 6.45) is -0.447. The van der Waals surface area contributed by atoms with Crippen molar-refractivity contribution >= 4 is 10.2 Å². The molecule has 1 unspecified atom stereocenters. The van der Waals surface area contributed by atoms with Gasteiger partial charge in [0.25, 0.3) is 0 Å². The summed E-state index contributed by atoms with van der Waals surface area (Å²) < 4.78 is 36.3. The average Bonchev–Trinajstić information content (AvgIpc) is 1.85. The maximum Gasteiger partial charge on any atom is 0.304 e. The van der Waals surface area contributed by atoms with Gasteiger partial charge in [0.05, 0.1) is 19.3 Å². The van der Waals surface area contributed by atoms with Crippen molar-refractivity contribution in [3.8, 4) is 0 Å². The van der Waals surface area contributed by atoms with E-state index in [1.54, 1.807) is 6.92 Å². The molecule has 0 aromatic heterocycles. The highest BCUT2D eigenvalue weighted by Gasteiger charge is 2.07. The number of hydrogen-bond acceptors (Lipinski definition) is 4. The van der Waals surface area contributed by atoms with E-state index in [9.17, 15) is 12.3 Å². The van der Waals surface area contributed by atoms with Gasteiger partial charge in [-0.1, -0.05) is 0 Å². The Morgan fingerprint density at radius 1 is 1.64 bits per heavy atom. The van der Waals surface area contributed by atoms with E-state index in [0.29, 0.717) is 0 Å². The van der Waals surface area contributed by atoms with Gasteiger partial charge < -0.3 is 9.84 Å². The lowest BCUT2D eigenvalue weighted by atomic mass is 10.4. The smallest absolute Gasteiger partial charge is 0.304 e. The van der Waals surface area contributed by atoms with E-state index in [1.807, 2.05) is 0 Å². The number of halogens is 1. The summed E-state index contributed by atoms with van der Waals surface area (Å²) in [6.45, 7) is 1.14. The predicted molar refractivity (Wildman–Crippen MR) is 37.4 cm³/mol. The first kappa shape index (κ1) is 10.8. The fourth-order valence-corrected chi connectivity index (χ4v) is 0.697. The zero-order chi connectivity index (χ0) is 8.91. The molecule has 68 valence electrons. The number of aliphatic hydroxyl groups is 1. The molecule has 4 nitrogen and oxygen atoms in total. The molecule has 0 amide bonds. The highest BCUT2D eigenvalue weighted by molar-refractivity contribution is 7.86. The monoisotopic (exact) mass is 186 g/mol. The normalized spacial score (nSPS) is 14.8. The zero-order valence-corrected chi connectivity index (χ0v) is 6.97. The van der Waals surface area contributed by atoms with Crippen molar-refractivity contribution in [1.29, 1.82) is 0 Å². The van der Waals surface area contributed by atoms with Crippen LogP contribution in [0.2, 0.25) is 0 Å². The molecule has 0 saturated carbocycles. The Morgan fingerprint density at radius 2 is 2.18 bits per heavy atom. The molecule has 0 aromatic carbocycles. The standard InChI is InChI=1S/C5H11FO4S/c1-5(4-7)10-2-3-11(6,8)9/h5,7H,2-4H2,1H3. The lowest BCUT2D eigenvalue weighted by Crippen LogP contribution is -2.17. The van der Waals surface area contributed by atoms with Gasteiger partial charge in [-0.3, -0.25) is 0 Å². The van der Waals surface area contributed by atoms with Gasteiger partial charge in [-0.2, -0.15) is 8.42 Å². The van der Waals surface area contributed by atoms with E-state index < -0.39 is 22.1 Å².